The number of carbonyl (C=O) groups excluding carboxylic acids is 1. The molecule has 0 bridgehead atoms. The molecule has 0 atom stereocenters. The molecule has 0 saturated heterocycles. The minimum atomic E-state index is -4.51. The lowest BCUT2D eigenvalue weighted by molar-refractivity contribution is -0.141. The van der Waals surface area contributed by atoms with Gasteiger partial charge in [-0.05, 0) is 6.54 Å². The van der Waals surface area contributed by atoms with Crippen molar-refractivity contribution in [2.75, 3.05) is 26.2 Å². The molecule has 1 rings (SSSR count). The van der Waals surface area contributed by atoms with Crippen LogP contribution in [0.3, 0.4) is 0 Å². The quantitative estimate of drug-likeness (QED) is 0.807. The second-order valence-corrected chi connectivity index (χ2v) is 4.67. The monoisotopic (exact) mass is 297 g/mol. The van der Waals surface area contributed by atoms with Gasteiger partial charge in [-0.3, -0.25) is 4.79 Å². The Morgan fingerprint density at radius 1 is 1.53 bits per heavy atom. The fraction of sp³-hybridized carbons (Fsp3) is 0.600. The Hall–Kier alpha value is -1.19. The molecule has 19 heavy (non-hydrogen) atoms. The fourth-order valence-electron chi connectivity index (χ4n) is 1.40. The van der Waals surface area contributed by atoms with E-state index in [-0.39, 0.29) is 12.2 Å². The third-order valence-electron chi connectivity index (χ3n) is 2.16. The molecule has 0 aromatic carbocycles. The number of thiazole rings is 1. The van der Waals surface area contributed by atoms with Crippen LogP contribution in [0.1, 0.15) is 15.5 Å². The Morgan fingerprint density at radius 3 is 2.74 bits per heavy atom. The summed E-state index contributed by atoms with van der Waals surface area (Å²) in [5.74, 6) is -0.842. The number of aromatic nitrogens is 1. The molecule has 0 spiro atoms. The molecule has 0 saturated carbocycles. The van der Waals surface area contributed by atoms with E-state index in [0.717, 1.165) is 0 Å². The number of halogens is 3. The smallest absolute Gasteiger partial charge is 0.395 e. The maximum Gasteiger partial charge on any atom is 0.406 e. The minimum Gasteiger partial charge on any atom is -0.395 e. The fourth-order valence-corrected chi connectivity index (χ4v) is 2.19. The molecular formula is C10H14F3N3O2S. The van der Waals surface area contributed by atoms with Crippen LogP contribution in [0.25, 0.3) is 0 Å². The van der Waals surface area contributed by atoms with Crippen LogP contribution >= 0.6 is 11.3 Å². The van der Waals surface area contributed by atoms with Crippen LogP contribution in [0, 0.1) is 0 Å². The van der Waals surface area contributed by atoms with E-state index in [1.165, 1.54) is 16.7 Å². The summed E-state index contributed by atoms with van der Waals surface area (Å²) in [6, 6.07) is 0. The van der Waals surface area contributed by atoms with Crippen LogP contribution in [-0.2, 0) is 6.42 Å². The van der Waals surface area contributed by atoms with Crippen LogP contribution in [-0.4, -0.2) is 53.3 Å². The highest BCUT2D eigenvalue weighted by atomic mass is 32.1. The van der Waals surface area contributed by atoms with Crippen LogP contribution in [0.2, 0.25) is 0 Å². The van der Waals surface area contributed by atoms with Gasteiger partial charge in [0.1, 0.15) is 12.2 Å². The highest BCUT2D eigenvalue weighted by molar-refractivity contribution is 7.09. The number of rotatable bonds is 6. The molecule has 5 nitrogen and oxygen atoms in total. The molecule has 0 aliphatic rings. The number of hydrogen-bond acceptors (Lipinski definition) is 5. The Balaban J connectivity index is 2.79. The van der Waals surface area contributed by atoms with Gasteiger partial charge in [0.25, 0.3) is 5.91 Å². The van der Waals surface area contributed by atoms with E-state index in [1.54, 1.807) is 0 Å². The van der Waals surface area contributed by atoms with Gasteiger partial charge < -0.3 is 15.7 Å². The van der Waals surface area contributed by atoms with Crippen LogP contribution in [0.5, 0.6) is 0 Å². The summed E-state index contributed by atoms with van der Waals surface area (Å²) < 4.78 is 37.0. The molecule has 1 aromatic heterocycles. The van der Waals surface area contributed by atoms with Gasteiger partial charge in [-0.2, -0.15) is 13.2 Å². The molecule has 1 aromatic rings. The van der Waals surface area contributed by atoms with Gasteiger partial charge in [-0.15, -0.1) is 11.3 Å². The predicted octanol–water partition coefficient (Wildman–Crippen LogP) is 0.641. The first-order valence-electron chi connectivity index (χ1n) is 5.48. The molecule has 0 unspecified atom stereocenters. The highest BCUT2D eigenvalue weighted by Crippen LogP contribution is 2.19. The Morgan fingerprint density at radius 2 is 2.21 bits per heavy atom. The second kappa shape index (κ2) is 6.83. The highest BCUT2D eigenvalue weighted by Gasteiger charge is 2.33. The number of aliphatic hydroxyl groups excluding tert-OH is 1. The molecule has 1 amide bonds. The standard InChI is InChI=1S/C10H14F3N3O2S/c11-10(12,13)6-16(3-4-17)9(18)7-5-19-8(15-7)1-2-14/h5,17H,1-4,6,14H2. The maximum absolute atomic E-state index is 12.3. The molecular weight excluding hydrogens is 283 g/mol. The number of aliphatic hydroxyl groups is 1. The van der Waals surface area contributed by atoms with Gasteiger partial charge in [0.15, 0.2) is 0 Å². The van der Waals surface area contributed by atoms with E-state index in [4.69, 9.17) is 10.8 Å². The topological polar surface area (TPSA) is 79.5 Å². The zero-order valence-corrected chi connectivity index (χ0v) is 10.8. The lowest BCUT2D eigenvalue weighted by Gasteiger charge is -2.22. The summed E-state index contributed by atoms with van der Waals surface area (Å²) in [5.41, 5.74) is 5.28. The van der Waals surface area contributed by atoms with Crippen molar-refractivity contribution in [1.29, 1.82) is 0 Å². The van der Waals surface area contributed by atoms with E-state index in [0.29, 0.717) is 22.9 Å². The largest absolute Gasteiger partial charge is 0.406 e. The summed E-state index contributed by atoms with van der Waals surface area (Å²) in [5, 5.41) is 10.7. The van der Waals surface area contributed by atoms with Crippen molar-refractivity contribution >= 4 is 17.2 Å². The number of amides is 1. The normalized spacial score (nSPS) is 11.6. The van der Waals surface area contributed by atoms with Crippen molar-refractivity contribution in [3.8, 4) is 0 Å². The molecule has 0 fully saturated rings. The third-order valence-corrected chi connectivity index (χ3v) is 3.06. The van der Waals surface area contributed by atoms with E-state index in [9.17, 15) is 18.0 Å². The summed E-state index contributed by atoms with van der Waals surface area (Å²) in [6.45, 7) is -1.98. The second-order valence-electron chi connectivity index (χ2n) is 3.73. The molecule has 3 N–H and O–H groups in total. The van der Waals surface area contributed by atoms with E-state index >= 15 is 0 Å². The minimum absolute atomic E-state index is 0.0499. The Kier molecular flexibility index (Phi) is 5.70. The first-order chi connectivity index (χ1) is 8.87. The summed E-state index contributed by atoms with van der Waals surface area (Å²) >= 11 is 1.17. The lowest BCUT2D eigenvalue weighted by atomic mass is 10.3. The third kappa shape index (κ3) is 5.13. The molecule has 9 heteroatoms. The first kappa shape index (κ1) is 15.9. The zero-order valence-electron chi connectivity index (χ0n) is 9.98. The average molecular weight is 297 g/mol. The van der Waals surface area contributed by atoms with Crippen molar-refractivity contribution in [2.45, 2.75) is 12.6 Å². The lowest BCUT2D eigenvalue weighted by Crippen LogP contribution is -2.40. The summed E-state index contributed by atoms with van der Waals surface area (Å²) in [4.78, 5) is 16.3. The van der Waals surface area contributed by atoms with Gasteiger partial charge >= 0.3 is 6.18 Å². The van der Waals surface area contributed by atoms with Gasteiger partial charge in [0, 0.05) is 18.3 Å². The zero-order chi connectivity index (χ0) is 14.5. The Labute approximate surface area is 111 Å². The van der Waals surface area contributed by atoms with Gasteiger partial charge in [-0.25, -0.2) is 4.98 Å². The Bertz CT molecular complexity index is 422. The van der Waals surface area contributed by atoms with Gasteiger partial charge in [0.2, 0.25) is 0 Å². The molecule has 0 radical (unpaired) electrons. The number of nitrogens with two attached hydrogens (primary N) is 1. The molecule has 108 valence electrons. The summed E-state index contributed by atoms with van der Waals surface area (Å²) in [7, 11) is 0. The van der Waals surface area contributed by atoms with E-state index in [2.05, 4.69) is 4.98 Å². The predicted molar refractivity (Wildman–Crippen MR) is 63.9 cm³/mol. The number of carbonyl (C=O) groups is 1. The van der Waals surface area contributed by atoms with Crippen molar-refractivity contribution in [3.63, 3.8) is 0 Å². The number of nitrogens with zero attached hydrogens (tertiary/aromatic N) is 2. The van der Waals surface area contributed by atoms with Crippen LogP contribution in [0.15, 0.2) is 5.38 Å². The van der Waals surface area contributed by atoms with Crippen molar-refractivity contribution < 1.29 is 23.1 Å². The van der Waals surface area contributed by atoms with E-state index < -0.39 is 25.2 Å². The molecule has 0 aliphatic heterocycles. The maximum atomic E-state index is 12.3. The van der Waals surface area contributed by atoms with Crippen LogP contribution in [0.4, 0.5) is 13.2 Å². The van der Waals surface area contributed by atoms with Crippen molar-refractivity contribution in [2.24, 2.45) is 5.73 Å². The van der Waals surface area contributed by atoms with Crippen molar-refractivity contribution in [1.82, 2.24) is 9.88 Å². The molecule has 1 heterocycles. The van der Waals surface area contributed by atoms with Crippen molar-refractivity contribution in [3.05, 3.63) is 16.1 Å². The molecule has 0 aliphatic carbocycles. The van der Waals surface area contributed by atoms with Gasteiger partial charge in [-0.1, -0.05) is 0 Å². The number of hydrogen-bond donors (Lipinski definition) is 2. The SMILES string of the molecule is NCCc1nc(C(=O)N(CCO)CC(F)(F)F)cs1. The average Bonchev–Trinajstić information content (AvgIpc) is 2.75. The summed E-state index contributed by atoms with van der Waals surface area (Å²) in [6.07, 6.45) is -4.04. The van der Waals surface area contributed by atoms with Crippen LogP contribution < -0.4 is 5.73 Å². The van der Waals surface area contributed by atoms with Gasteiger partial charge in [0.05, 0.1) is 11.6 Å². The van der Waals surface area contributed by atoms with E-state index in [1.807, 2.05) is 0 Å². The first-order valence-corrected chi connectivity index (χ1v) is 6.36. The number of alkyl halides is 3.